The van der Waals surface area contributed by atoms with E-state index in [4.69, 9.17) is 0 Å². The Morgan fingerprint density at radius 3 is 2.24 bits per heavy atom. The molecule has 88 valence electrons. The monoisotopic (exact) mass is 372 g/mol. The van der Waals surface area contributed by atoms with Crippen molar-refractivity contribution in [1.82, 2.24) is 0 Å². The van der Waals surface area contributed by atoms with Gasteiger partial charge in [0.15, 0.2) is 5.78 Å². The van der Waals surface area contributed by atoms with Crippen molar-refractivity contribution in [3.8, 4) is 0 Å². The Kier molecular flexibility index (Phi) is 3.85. The highest BCUT2D eigenvalue weighted by atomic mass is 79.9. The van der Waals surface area contributed by atoms with Crippen LogP contribution in [0.1, 0.15) is 27.0 Å². The lowest BCUT2D eigenvalue weighted by atomic mass is 9.96. The molecule has 0 aliphatic rings. The van der Waals surface area contributed by atoms with E-state index in [2.05, 4.69) is 31.9 Å². The topological polar surface area (TPSA) is 17.1 Å². The standard InChI is InChI=1S/C13H10Br2OS/c1-7-4-3-5-8(2)11(7)12(16)9-6-10(14)17-13(9)15/h3-6H,1-2H3. The summed E-state index contributed by atoms with van der Waals surface area (Å²) < 4.78 is 1.83. The predicted molar refractivity (Wildman–Crippen MR) is 79.1 cm³/mol. The van der Waals surface area contributed by atoms with Crippen LogP contribution in [-0.2, 0) is 0 Å². The molecule has 17 heavy (non-hydrogen) atoms. The van der Waals surface area contributed by atoms with Gasteiger partial charge in [0, 0.05) is 11.1 Å². The molecule has 1 nitrogen and oxygen atoms in total. The molecule has 2 aromatic rings. The molecule has 0 saturated carbocycles. The molecule has 0 bridgehead atoms. The smallest absolute Gasteiger partial charge is 0.195 e. The minimum atomic E-state index is 0.0782. The number of hydrogen-bond acceptors (Lipinski definition) is 2. The molecule has 1 heterocycles. The van der Waals surface area contributed by atoms with Gasteiger partial charge in [0.25, 0.3) is 0 Å². The van der Waals surface area contributed by atoms with Crippen molar-refractivity contribution in [2.45, 2.75) is 13.8 Å². The number of benzene rings is 1. The van der Waals surface area contributed by atoms with Gasteiger partial charge < -0.3 is 0 Å². The van der Waals surface area contributed by atoms with Gasteiger partial charge in [-0.05, 0) is 62.9 Å². The third-order valence-corrected chi connectivity index (χ3v) is 4.95. The van der Waals surface area contributed by atoms with Crippen LogP contribution in [0.2, 0.25) is 0 Å². The molecular weight excluding hydrogens is 364 g/mol. The first-order valence-corrected chi connectivity index (χ1v) is 7.46. The molecule has 2 rings (SSSR count). The van der Waals surface area contributed by atoms with E-state index in [-0.39, 0.29) is 5.78 Å². The van der Waals surface area contributed by atoms with E-state index >= 15 is 0 Å². The average molecular weight is 374 g/mol. The summed E-state index contributed by atoms with van der Waals surface area (Å²) >= 11 is 8.35. The van der Waals surface area contributed by atoms with E-state index in [1.165, 1.54) is 11.3 Å². The summed E-state index contributed by atoms with van der Waals surface area (Å²) in [5.41, 5.74) is 3.56. The van der Waals surface area contributed by atoms with Crippen molar-refractivity contribution >= 4 is 49.0 Å². The Morgan fingerprint density at radius 2 is 1.76 bits per heavy atom. The molecule has 4 heteroatoms. The molecule has 0 saturated heterocycles. The van der Waals surface area contributed by atoms with E-state index in [9.17, 15) is 4.79 Å². The fourth-order valence-corrected chi connectivity index (χ4v) is 4.60. The Labute approximate surface area is 121 Å². The van der Waals surface area contributed by atoms with Gasteiger partial charge >= 0.3 is 0 Å². The van der Waals surface area contributed by atoms with Gasteiger partial charge in [-0.3, -0.25) is 4.79 Å². The van der Waals surface area contributed by atoms with Crippen LogP contribution in [0.15, 0.2) is 31.8 Å². The first kappa shape index (κ1) is 13.0. The average Bonchev–Trinajstić information content (AvgIpc) is 2.57. The summed E-state index contributed by atoms with van der Waals surface area (Å²) in [6.07, 6.45) is 0. The SMILES string of the molecule is Cc1cccc(C)c1C(=O)c1cc(Br)sc1Br. The van der Waals surface area contributed by atoms with Gasteiger partial charge in [0.05, 0.1) is 7.57 Å². The van der Waals surface area contributed by atoms with Crippen LogP contribution in [0.3, 0.4) is 0 Å². The predicted octanol–water partition coefficient (Wildman–Crippen LogP) is 5.12. The van der Waals surface area contributed by atoms with Gasteiger partial charge in [-0.2, -0.15) is 0 Å². The van der Waals surface area contributed by atoms with Crippen LogP contribution in [0, 0.1) is 13.8 Å². The number of ketones is 1. The summed E-state index contributed by atoms with van der Waals surface area (Å²) in [5.74, 6) is 0.0782. The zero-order valence-electron chi connectivity index (χ0n) is 9.38. The molecule has 0 unspecified atom stereocenters. The molecule has 1 aromatic heterocycles. The van der Waals surface area contributed by atoms with Gasteiger partial charge in [-0.1, -0.05) is 18.2 Å². The molecule has 0 aliphatic heterocycles. The van der Waals surface area contributed by atoms with Gasteiger partial charge in [0.2, 0.25) is 0 Å². The molecule has 0 N–H and O–H groups in total. The second-order valence-electron chi connectivity index (χ2n) is 3.83. The quantitative estimate of drug-likeness (QED) is 0.667. The van der Waals surface area contributed by atoms with Crippen LogP contribution < -0.4 is 0 Å². The molecule has 0 spiro atoms. The number of aryl methyl sites for hydroxylation is 2. The van der Waals surface area contributed by atoms with E-state index in [1.807, 2.05) is 38.1 Å². The normalized spacial score (nSPS) is 10.6. The first-order chi connectivity index (χ1) is 8.00. The molecule has 0 radical (unpaired) electrons. The third kappa shape index (κ3) is 2.54. The second kappa shape index (κ2) is 5.04. The maximum absolute atomic E-state index is 12.5. The molecule has 0 atom stereocenters. The fraction of sp³-hybridized carbons (Fsp3) is 0.154. The Balaban J connectivity index is 2.55. The Morgan fingerprint density at radius 1 is 1.18 bits per heavy atom. The van der Waals surface area contributed by atoms with Gasteiger partial charge in [0.1, 0.15) is 0 Å². The summed E-state index contributed by atoms with van der Waals surface area (Å²) in [6, 6.07) is 7.77. The Hall–Kier alpha value is -0.450. The molecule has 0 fully saturated rings. The number of halogens is 2. The van der Waals surface area contributed by atoms with Crippen LogP contribution in [-0.4, -0.2) is 5.78 Å². The van der Waals surface area contributed by atoms with Crippen LogP contribution in [0.25, 0.3) is 0 Å². The summed E-state index contributed by atoms with van der Waals surface area (Å²) in [4.78, 5) is 12.5. The number of thiophene rings is 1. The van der Waals surface area contributed by atoms with Crippen molar-refractivity contribution in [2.75, 3.05) is 0 Å². The lowest BCUT2D eigenvalue weighted by Gasteiger charge is -2.07. The van der Waals surface area contributed by atoms with Crippen molar-refractivity contribution < 1.29 is 4.79 Å². The van der Waals surface area contributed by atoms with Gasteiger partial charge in [-0.15, -0.1) is 11.3 Å². The lowest BCUT2D eigenvalue weighted by Crippen LogP contribution is -2.05. The third-order valence-electron chi connectivity index (χ3n) is 2.61. The lowest BCUT2D eigenvalue weighted by molar-refractivity contribution is 0.103. The molecular formula is C13H10Br2OS. The summed E-state index contributed by atoms with van der Waals surface area (Å²) in [7, 11) is 0. The van der Waals surface area contributed by atoms with Crippen LogP contribution in [0.5, 0.6) is 0 Å². The highest BCUT2D eigenvalue weighted by Gasteiger charge is 2.18. The van der Waals surface area contributed by atoms with Gasteiger partial charge in [-0.25, -0.2) is 0 Å². The highest BCUT2D eigenvalue weighted by molar-refractivity contribution is 9.12. The zero-order chi connectivity index (χ0) is 12.6. The second-order valence-corrected chi connectivity index (χ2v) is 7.58. The van der Waals surface area contributed by atoms with Crippen LogP contribution >= 0.6 is 43.2 Å². The molecule has 0 amide bonds. The van der Waals surface area contributed by atoms with E-state index in [1.54, 1.807) is 0 Å². The van der Waals surface area contributed by atoms with E-state index < -0.39 is 0 Å². The summed E-state index contributed by atoms with van der Waals surface area (Å²) in [6.45, 7) is 3.94. The maximum atomic E-state index is 12.5. The largest absolute Gasteiger partial charge is 0.289 e. The summed E-state index contributed by atoms with van der Waals surface area (Å²) in [5, 5.41) is 0. The molecule has 1 aromatic carbocycles. The minimum Gasteiger partial charge on any atom is -0.289 e. The minimum absolute atomic E-state index is 0.0782. The maximum Gasteiger partial charge on any atom is 0.195 e. The van der Waals surface area contributed by atoms with E-state index in [0.717, 1.165) is 29.8 Å². The van der Waals surface area contributed by atoms with Crippen molar-refractivity contribution in [1.29, 1.82) is 0 Å². The van der Waals surface area contributed by atoms with Crippen LogP contribution in [0.4, 0.5) is 0 Å². The van der Waals surface area contributed by atoms with Crippen molar-refractivity contribution in [3.05, 3.63) is 54.1 Å². The van der Waals surface area contributed by atoms with E-state index in [0.29, 0.717) is 0 Å². The number of rotatable bonds is 2. The Bertz CT molecular complexity index is 567. The van der Waals surface area contributed by atoms with Crippen molar-refractivity contribution in [2.24, 2.45) is 0 Å². The van der Waals surface area contributed by atoms with Crippen molar-refractivity contribution in [3.63, 3.8) is 0 Å². The highest BCUT2D eigenvalue weighted by Crippen LogP contribution is 2.34. The number of hydrogen-bond donors (Lipinski definition) is 0. The number of carbonyl (C=O) groups is 1. The number of carbonyl (C=O) groups excluding carboxylic acids is 1. The molecule has 0 aliphatic carbocycles. The fourth-order valence-electron chi connectivity index (χ4n) is 1.80. The first-order valence-electron chi connectivity index (χ1n) is 5.06. The zero-order valence-corrected chi connectivity index (χ0v) is 13.4.